The lowest BCUT2D eigenvalue weighted by Gasteiger charge is -2.06. The maximum absolute atomic E-state index is 5.70. The van der Waals surface area contributed by atoms with Crippen molar-refractivity contribution in [2.45, 2.75) is 26.7 Å². The predicted octanol–water partition coefficient (Wildman–Crippen LogP) is 3.55. The minimum absolute atomic E-state index is 0.638. The van der Waals surface area contributed by atoms with Crippen molar-refractivity contribution in [3.05, 3.63) is 23.4 Å². The molecule has 0 aliphatic rings. The first-order valence-electron chi connectivity index (χ1n) is 4.93. The Morgan fingerprint density at radius 1 is 1.43 bits per heavy atom. The van der Waals surface area contributed by atoms with Crippen molar-refractivity contribution in [1.29, 1.82) is 0 Å². The van der Waals surface area contributed by atoms with E-state index in [1.54, 1.807) is 18.3 Å². The second kappa shape index (κ2) is 5.86. The number of ether oxygens (including phenoxy) is 1. The number of rotatable bonds is 5. The van der Waals surface area contributed by atoms with E-state index in [9.17, 15) is 0 Å². The van der Waals surface area contributed by atoms with E-state index in [4.69, 9.17) is 16.3 Å². The highest BCUT2D eigenvalue weighted by Gasteiger charge is 1.97. The first-order valence-corrected chi connectivity index (χ1v) is 5.30. The van der Waals surface area contributed by atoms with Gasteiger partial charge in [0.25, 0.3) is 0 Å². The van der Waals surface area contributed by atoms with Crippen LogP contribution in [0.2, 0.25) is 5.02 Å². The number of hydrogen-bond donors (Lipinski definition) is 0. The highest BCUT2D eigenvalue weighted by atomic mass is 35.5. The van der Waals surface area contributed by atoms with E-state index in [1.165, 1.54) is 6.42 Å². The Balaban J connectivity index is 2.21. The summed E-state index contributed by atoms with van der Waals surface area (Å²) in [5, 5.41) is 0.638. The third-order valence-corrected chi connectivity index (χ3v) is 2.10. The van der Waals surface area contributed by atoms with Gasteiger partial charge in [-0.1, -0.05) is 25.4 Å². The van der Waals surface area contributed by atoms with E-state index in [-0.39, 0.29) is 0 Å². The number of halogens is 1. The molecule has 0 N–H and O–H groups in total. The van der Waals surface area contributed by atoms with Gasteiger partial charge in [-0.2, -0.15) is 0 Å². The topological polar surface area (TPSA) is 22.1 Å². The summed E-state index contributed by atoms with van der Waals surface area (Å²) in [6.45, 7) is 5.15. The molecule has 0 radical (unpaired) electrons. The van der Waals surface area contributed by atoms with Gasteiger partial charge in [0.05, 0.1) is 11.6 Å². The molecule has 2 nitrogen and oxygen atoms in total. The van der Waals surface area contributed by atoms with E-state index in [0.29, 0.717) is 10.9 Å². The summed E-state index contributed by atoms with van der Waals surface area (Å²) >= 11 is 5.70. The summed E-state index contributed by atoms with van der Waals surface area (Å²) in [6.07, 6.45) is 3.86. The molecule has 0 atom stereocenters. The Bertz CT molecular complexity index is 258. The summed E-state index contributed by atoms with van der Waals surface area (Å²) in [5.74, 6) is 1.38. The normalized spacial score (nSPS) is 10.6. The Morgan fingerprint density at radius 3 is 2.79 bits per heavy atom. The Kier molecular flexibility index (Phi) is 4.74. The van der Waals surface area contributed by atoms with Crippen LogP contribution < -0.4 is 4.74 Å². The molecule has 3 heteroatoms. The van der Waals surface area contributed by atoms with Gasteiger partial charge in [-0.15, -0.1) is 0 Å². The van der Waals surface area contributed by atoms with Gasteiger partial charge in [0, 0.05) is 12.3 Å². The molecule has 0 bridgehead atoms. The minimum Gasteiger partial charge on any atom is -0.478 e. The van der Waals surface area contributed by atoms with Gasteiger partial charge in [-0.3, -0.25) is 0 Å². The molecule has 78 valence electrons. The van der Waals surface area contributed by atoms with Crippen LogP contribution in [0, 0.1) is 5.92 Å². The molecule has 0 spiro atoms. The summed E-state index contributed by atoms with van der Waals surface area (Å²) in [7, 11) is 0. The van der Waals surface area contributed by atoms with Gasteiger partial charge in [0.1, 0.15) is 0 Å². The van der Waals surface area contributed by atoms with Gasteiger partial charge in [0.2, 0.25) is 5.88 Å². The zero-order valence-electron chi connectivity index (χ0n) is 8.66. The molecular weight excluding hydrogens is 198 g/mol. The number of hydrogen-bond acceptors (Lipinski definition) is 2. The Hall–Kier alpha value is -0.760. The van der Waals surface area contributed by atoms with Gasteiger partial charge in [0.15, 0.2) is 0 Å². The summed E-state index contributed by atoms with van der Waals surface area (Å²) in [5.41, 5.74) is 0. The first-order chi connectivity index (χ1) is 6.68. The van der Waals surface area contributed by atoms with Crippen LogP contribution in [0.5, 0.6) is 5.88 Å². The fourth-order valence-corrected chi connectivity index (χ4v) is 1.23. The van der Waals surface area contributed by atoms with E-state index in [0.717, 1.165) is 18.9 Å². The van der Waals surface area contributed by atoms with Crippen molar-refractivity contribution in [3.8, 4) is 5.88 Å². The van der Waals surface area contributed by atoms with Crippen molar-refractivity contribution in [3.63, 3.8) is 0 Å². The van der Waals surface area contributed by atoms with Crippen LogP contribution >= 0.6 is 11.6 Å². The lowest BCUT2D eigenvalue weighted by molar-refractivity contribution is 0.287. The van der Waals surface area contributed by atoms with E-state index in [2.05, 4.69) is 18.8 Å². The Labute approximate surface area is 90.3 Å². The fraction of sp³-hybridized carbons (Fsp3) is 0.545. The van der Waals surface area contributed by atoms with Crippen LogP contribution in [-0.4, -0.2) is 11.6 Å². The van der Waals surface area contributed by atoms with Gasteiger partial charge < -0.3 is 4.74 Å². The van der Waals surface area contributed by atoms with Crippen LogP contribution in [0.25, 0.3) is 0 Å². The van der Waals surface area contributed by atoms with E-state index >= 15 is 0 Å². The van der Waals surface area contributed by atoms with Crippen LogP contribution in [0.3, 0.4) is 0 Å². The summed E-state index contributed by atoms with van der Waals surface area (Å²) in [4.78, 5) is 4.04. The van der Waals surface area contributed by atoms with Crippen LogP contribution in [0.1, 0.15) is 26.7 Å². The number of pyridine rings is 1. The third-order valence-electron chi connectivity index (χ3n) is 1.88. The standard InChI is InChI=1S/C11H16ClNO/c1-9(2)4-3-7-14-11-6-5-10(12)8-13-11/h5-6,8-9H,3-4,7H2,1-2H3. The molecule has 1 rings (SSSR count). The average molecular weight is 214 g/mol. The fourth-order valence-electron chi connectivity index (χ4n) is 1.12. The van der Waals surface area contributed by atoms with E-state index < -0.39 is 0 Å². The van der Waals surface area contributed by atoms with Crippen LogP contribution in [0.4, 0.5) is 0 Å². The quantitative estimate of drug-likeness (QED) is 0.698. The molecule has 0 unspecified atom stereocenters. The highest BCUT2D eigenvalue weighted by Crippen LogP contribution is 2.12. The lowest BCUT2D eigenvalue weighted by Crippen LogP contribution is -2.00. The zero-order valence-corrected chi connectivity index (χ0v) is 9.42. The average Bonchev–Trinajstić information content (AvgIpc) is 2.15. The largest absolute Gasteiger partial charge is 0.478 e. The maximum Gasteiger partial charge on any atom is 0.213 e. The highest BCUT2D eigenvalue weighted by molar-refractivity contribution is 6.30. The number of aromatic nitrogens is 1. The SMILES string of the molecule is CC(C)CCCOc1ccc(Cl)cn1. The molecule has 14 heavy (non-hydrogen) atoms. The van der Waals surface area contributed by atoms with Gasteiger partial charge in [-0.25, -0.2) is 4.98 Å². The second-order valence-corrected chi connectivity index (χ2v) is 4.14. The molecule has 0 aliphatic heterocycles. The van der Waals surface area contributed by atoms with Crippen molar-refractivity contribution < 1.29 is 4.74 Å². The van der Waals surface area contributed by atoms with Gasteiger partial charge >= 0.3 is 0 Å². The molecule has 1 aromatic heterocycles. The molecule has 0 aliphatic carbocycles. The molecule has 0 amide bonds. The molecule has 0 aromatic carbocycles. The third kappa shape index (κ3) is 4.47. The molecular formula is C11H16ClNO. The van der Waals surface area contributed by atoms with Crippen LogP contribution in [0.15, 0.2) is 18.3 Å². The summed E-state index contributed by atoms with van der Waals surface area (Å²) in [6, 6.07) is 3.57. The molecule has 1 heterocycles. The molecule has 1 aromatic rings. The van der Waals surface area contributed by atoms with Crippen molar-refractivity contribution in [2.75, 3.05) is 6.61 Å². The van der Waals surface area contributed by atoms with Crippen molar-refractivity contribution in [1.82, 2.24) is 4.98 Å². The Morgan fingerprint density at radius 2 is 2.21 bits per heavy atom. The second-order valence-electron chi connectivity index (χ2n) is 3.70. The van der Waals surface area contributed by atoms with E-state index in [1.807, 2.05) is 0 Å². The van der Waals surface area contributed by atoms with Gasteiger partial charge in [-0.05, 0) is 24.8 Å². The van der Waals surface area contributed by atoms with Crippen molar-refractivity contribution >= 4 is 11.6 Å². The molecule has 0 fully saturated rings. The lowest BCUT2D eigenvalue weighted by atomic mass is 10.1. The minimum atomic E-state index is 0.638. The number of nitrogens with zero attached hydrogens (tertiary/aromatic N) is 1. The summed E-state index contributed by atoms with van der Waals surface area (Å²) < 4.78 is 5.44. The molecule has 0 saturated heterocycles. The zero-order chi connectivity index (χ0) is 10.4. The van der Waals surface area contributed by atoms with Crippen LogP contribution in [-0.2, 0) is 0 Å². The maximum atomic E-state index is 5.70. The first kappa shape index (κ1) is 11.3. The monoisotopic (exact) mass is 213 g/mol. The van der Waals surface area contributed by atoms with Crippen molar-refractivity contribution in [2.24, 2.45) is 5.92 Å². The predicted molar refractivity (Wildman–Crippen MR) is 58.8 cm³/mol. The smallest absolute Gasteiger partial charge is 0.213 e. The molecule has 0 saturated carbocycles.